The number of carbonyl (C=O) groups is 1. The number of carbonyl (C=O) groups excluding carboxylic acids is 1. The molecule has 0 spiro atoms. The fourth-order valence-electron chi connectivity index (χ4n) is 2.40. The Hall–Kier alpha value is -2.31. The number of rotatable bonds is 4. The van der Waals surface area contributed by atoms with Crippen molar-refractivity contribution in [2.45, 2.75) is 19.9 Å². The molecule has 1 saturated heterocycles. The summed E-state index contributed by atoms with van der Waals surface area (Å²) >= 11 is 0. The third-order valence-corrected chi connectivity index (χ3v) is 3.37. The second-order valence-electron chi connectivity index (χ2n) is 4.62. The molecule has 7 nitrogen and oxygen atoms in total. The second-order valence-corrected chi connectivity index (χ2v) is 4.62. The van der Waals surface area contributed by atoms with Gasteiger partial charge in [0.1, 0.15) is 17.4 Å². The van der Waals surface area contributed by atoms with Gasteiger partial charge in [0, 0.05) is 19.6 Å². The van der Waals surface area contributed by atoms with E-state index >= 15 is 0 Å². The number of piperazine rings is 1. The Morgan fingerprint density at radius 1 is 1.55 bits per heavy atom. The fraction of sp³-hybridized carbons (Fsp3) is 0.462. The Bertz CT molecular complexity index is 532. The first-order chi connectivity index (χ1) is 9.56. The molecular formula is C13H18N4O3. The van der Waals surface area contributed by atoms with E-state index in [1.165, 1.54) is 0 Å². The van der Waals surface area contributed by atoms with Crippen molar-refractivity contribution in [1.82, 2.24) is 5.32 Å². The smallest absolute Gasteiger partial charge is 0.315 e. The Labute approximate surface area is 117 Å². The minimum atomic E-state index is -0.417. The summed E-state index contributed by atoms with van der Waals surface area (Å²) in [5.41, 5.74) is 0.986. The van der Waals surface area contributed by atoms with E-state index in [2.05, 4.69) is 10.6 Å². The average Bonchev–Trinajstić information content (AvgIpc) is 2.42. The van der Waals surface area contributed by atoms with E-state index in [-0.39, 0.29) is 11.6 Å². The Morgan fingerprint density at radius 3 is 2.95 bits per heavy atom. The molecule has 0 aromatic heterocycles. The maximum Gasteiger partial charge on any atom is 0.315 e. The average molecular weight is 278 g/mol. The van der Waals surface area contributed by atoms with Crippen LogP contribution in [0.1, 0.15) is 13.8 Å². The summed E-state index contributed by atoms with van der Waals surface area (Å²) in [7, 11) is 0. The highest BCUT2D eigenvalue weighted by Gasteiger charge is 2.31. The first-order valence-corrected chi connectivity index (χ1v) is 6.62. The number of nitrogens with one attached hydrogen (secondary N) is 2. The van der Waals surface area contributed by atoms with E-state index in [4.69, 9.17) is 0 Å². The van der Waals surface area contributed by atoms with Gasteiger partial charge in [0.25, 0.3) is 0 Å². The van der Waals surface area contributed by atoms with Crippen molar-refractivity contribution in [3.8, 4) is 0 Å². The number of para-hydroxylation sites is 1. The van der Waals surface area contributed by atoms with Crippen LogP contribution in [0.25, 0.3) is 0 Å². The lowest BCUT2D eigenvalue weighted by Gasteiger charge is -2.34. The molecule has 0 saturated carbocycles. The molecule has 7 heteroatoms. The van der Waals surface area contributed by atoms with Gasteiger partial charge < -0.3 is 15.5 Å². The lowest BCUT2D eigenvalue weighted by Crippen LogP contribution is -2.54. The quantitative estimate of drug-likeness (QED) is 0.641. The van der Waals surface area contributed by atoms with Gasteiger partial charge in [0.05, 0.1) is 4.92 Å². The summed E-state index contributed by atoms with van der Waals surface area (Å²) in [5.74, 6) is -0.112. The molecule has 20 heavy (non-hydrogen) atoms. The number of nitrogens with zero attached hydrogens (tertiary/aromatic N) is 2. The van der Waals surface area contributed by atoms with Crippen LogP contribution in [0, 0.1) is 10.1 Å². The molecule has 1 heterocycles. The Morgan fingerprint density at radius 2 is 2.30 bits per heavy atom. The van der Waals surface area contributed by atoms with E-state index in [9.17, 15) is 14.9 Å². The zero-order valence-electron chi connectivity index (χ0n) is 11.5. The molecule has 2 N–H and O–H groups in total. The lowest BCUT2D eigenvalue weighted by molar-refractivity contribution is -0.383. The molecule has 1 amide bonds. The molecule has 0 radical (unpaired) electrons. The van der Waals surface area contributed by atoms with Gasteiger partial charge in [-0.2, -0.15) is 0 Å². The largest absolute Gasteiger partial charge is 0.380 e. The summed E-state index contributed by atoms with van der Waals surface area (Å²) < 4.78 is 0. The van der Waals surface area contributed by atoms with E-state index in [1.807, 2.05) is 6.92 Å². The topological polar surface area (TPSA) is 87.5 Å². The van der Waals surface area contributed by atoms with Gasteiger partial charge >= 0.3 is 5.69 Å². The Kier molecular flexibility index (Phi) is 4.07. The normalized spacial score (nSPS) is 18.6. The molecule has 0 aliphatic carbocycles. The maximum absolute atomic E-state index is 11.7. The SMILES string of the molecule is CCNc1cccc(N2CCNC(=O)C2C)c1[N+](=O)[O-]. The molecule has 1 aromatic carbocycles. The van der Waals surface area contributed by atoms with Crippen LogP contribution >= 0.6 is 0 Å². The highest BCUT2D eigenvalue weighted by molar-refractivity contribution is 5.88. The molecule has 2 rings (SSSR count). The molecule has 1 atom stereocenters. The van der Waals surface area contributed by atoms with Crippen LogP contribution < -0.4 is 15.5 Å². The van der Waals surface area contributed by atoms with Crippen LogP contribution in [0.4, 0.5) is 17.1 Å². The molecular weight excluding hydrogens is 260 g/mol. The van der Waals surface area contributed by atoms with Gasteiger partial charge in [0.2, 0.25) is 5.91 Å². The summed E-state index contributed by atoms with van der Waals surface area (Å²) in [4.78, 5) is 24.5. The van der Waals surface area contributed by atoms with Crippen LogP contribution in [-0.4, -0.2) is 36.5 Å². The number of nitro benzene ring substituents is 1. The van der Waals surface area contributed by atoms with Gasteiger partial charge in [-0.15, -0.1) is 0 Å². The zero-order chi connectivity index (χ0) is 14.7. The van der Waals surface area contributed by atoms with Gasteiger partial charge in [-0.25, -0.2) is 0 Å². The molecule has 1 aliphatic rings. The van der Waals surface area contributed by atoms with Crippen molar-refractivity contribution < 1.29 is 9.72 Å². The van der Waals surface area contributed by atoms with E-state index < -0.39 is 11.0 Å². The van der Waals surface area contributed by atoms with Crippen LogP contribution in [0.15, 0.2) is 18.2 Å². The van der Waals surface area contributed by atoms with Gasteiger partial charge in [-0.3, -0.25) is 14.9 Å². The summed E-state index contributed by atoms with van der Waals surface area (Å²) in [6.45, 7) is 5.28. The van der Waals surface area contributed by atoms with Crippen molar-refractivity contribution in [2.24, 2.45) is 0 Å². The van der Waals surface area contributed by atoms with Gasteiger partial charge in [0.15, 0.2) is 0 Å². The fourth-order valence-corrected chi connectivity index (χ4v) is 2.40. The van der Waals surface area contributed by atoms with Crippen LogP contribution in [0.2, 0.25) is 0 Å². The van der Waals surface area contributed by atoms with Crippen LogP contribution in [0.5, 0.6) is 0 Å². The van der Waals surface area contributed by atoms with E-state index in [0.29, 0.717) is 31.0 Å². The number of hydrogen-bond donors (Lipinski definition) is 2. The zero-order valence-corrected chi connectivity index (χ0v) is 11.5. The maximum atomic E-state index is 11.7. The molecule has 1 aromatic rings. The lowest BCUT2D eigenvalue weighted by atomic mass is 10.1. The van der Waals surface area contributed by atoms with Crippen molar-refractivity contribution in [3.63, 3.8) is 0 Å². The minimum Gasteiger partial charge on any atom is -0.380 e. The monoisotopic (exact) mass is 278 g/mol. The van der Waals surface area contributed by atoms with Gasteiger partial charge in [-0.05, 0) is 26.0 Å². The van der Waals surface area contributed by atoms with E-state index in [1.54, 1.807) is 30.0 Å². The highest BCUT2D eigenvalue weighted by atomic mass is 16.6. The molecule has 1 fully saturated rings. The number of nitro groups is 1. The van der Waals surface area contributed by atoms with Crippen molar-refractivity contribution in [1.29, 1.82) is 0 Å². The number of hydrogen-bond acceptors (Lipinski definition) is 5. The number of amides is 1. The summed E-state index contributed by atoms with van der Waals surface area (Å²) in [6.07, 6.45) is 0. The second kappa shape index (κ2) is 5.77. The standard InChI is InChI=1S/C13H18N4O3/c1-3-14-10-5-4-6-11(12(10)17(19)20)16-8-7-15-13(18)9(16)2/h4-6,9,14H,3,7-8H2,1-2H3,(H,15,18). The van der Waals surface area contributed by atoms with E-state index in [0.717, 1.165) is 0 Å². The van der Waals surface area contributed by atoms with Gasteiger partial charge in [-0.1, -0.05) is 6.07 Å². The Balaban J connectivity index is 2.47. The number of anilines is 2. The van der Waals surface area contributed by atoms with Crippen molar-refractivity contribution in [3.05, 3.63) is 28.3 Å². The summed E-state index contributed by atoms with van der Waals surface area (Å²) in [6, 6.07) is 4.72. The molecule has 1 aliphatic heterocycles. The highest BCUT2D eigenvalue weighted by Crippen LogP contribution is 2.36. The minimum absolute atomic E-state index is 0.0240. The molecule has 108 valence electrons. The van der Waals surface area contributed by atoms with Crippen molar-refractivity contribution in [2.75, 3.05) is 29.9 Å². The predicted octanol–water partition coefficient (Wildman–Crippen LogP) is 1.35. The van der Waals surface area contributed by atoms with Crippen LogP contribution in [0.3, 0.4) is 0 Å². The van der Waals surface area contributed by atoms with Crippen LogP contribution in [-0.2, 0) is 4.79 Å². The number of benzene rings is 1. The third kappa shape index (κ3) is 2.52. The first-order valence-electron chi connectivity index (χ1n) is 6.62. The summed E-state index contributed by atoms with van der Waals surface area (Å²) in [5, 5.41) is 17.1. The molecule has 1 unspecified atom stereocenters. The predicted molar refractivity (Wildman–Crippen MR) is 77.1 cm³/mol. The third-order valence-electron chi connectivity index (χ3n) is 3.37. The van der Waals surface area contributed by atoms with Crippen molar-refractivity contribution >= 4 is 23.0 Å². The molecule has 0 bridgehead atoms. The first kappa shape index (κ1) is 14.1.